The van der Waals surface area contributed by atoms with E-state index in [1.807, 2.05) is 25.1 Å². The Hall–Kier alpha value is -1.11. The highest BCUT2D eigenvalue weighted by Crippen LogP contribution is 2.25. The van der Waals surface area contributed by atoms with Crippen LogP contribution in [0.2, 0.25) is 0 Å². The molecule has 5 nitrogen and oxygen atoms in total. The fraction of sp³-hybridized carbons (Fsp3) is 0.500. The van der Waals surface area contributed by atoms with Crippen molar-refractivity contribution in [3.63, 3.8) is 0 Å². The number of rotatable bonds is 4. The molecule has 0 spiro atoms. The smallest absolute Gasteiger partial charge is 0.247 e. The van der Waals surface area contributed by atoms with Crippen LogP contribution in [-0.4, -0.2) is 43.2 Å². The van der Waals surface area contributed by atoms with Gasteiger partial charge in [-0.1, -0.05) is 22.0 Å². The van der Waals surface area contributed by atoms with E-state index in [1.165, 1.54) is 0 Å². The first-order valence-corrected chi connectivity index (χ1v) is 7.28. The Morgan fingerprint density at radius 2 is 2.30 bits per heavy atom. The first-order chi connectivity index (χ1) is 9.49. The molecule has 0 radical (unpaired) electrons. The highest BCUT2D eigenvalue weighted by Gasteiger charge is 2.29. The number of carbonyl (C=O) groups is 1. The topological polar surface area (TPSA) is 64.8 Å². The largest absolute Gasteiger partial charge is 0.496 e. The van der Waals surface area contributed by atoms with Gasteiger partial charge in [0.1, 0.15) is 11.9 Å². The molecule has 110 valence electrons. The van der Waals surface area contributed by atoms with E-state index >= 15 is 0 Å². The van der Waals surface area contributed by atoms with Crippen LogP contribution < -0.4 is 10.5 Å². The summed E-state index contributed by atoms with van der Waals surface area (Å²) < 4.78 is 11.9. The highest BCUT2D eigenvalue weighted by molar-refractivity contribution is 9.10. The average Bonchev–Trinajstić information content (AvgIpc) is 2.40. The normalized spacial score (nSPS) is 23.6. The van der Waals surface area contributed by atoms with Gasteiger partial charge in [-0.2, -0.15) is 0 Å². The number of amides is 1. The van der Waals surface area contributed by atoms with Crippen molar-refractivity contribution in [2.45, 2.75) is 25.7 Å². The molecule has 0 bridgehead atoms. The molecule has 0 saturated carbocycles. The van der Waals surface area contributed by atoms with Gasteiger partial charge in [-0.25, -0.2) is 0 Å². The van der Waals surface area contributed by atoms with Crippen LogP contribution in [0.5, 0.6) is 5.75 Å². The Morgan fingerprint density at radius 3 is 2.95 bits per heavy atom. The van der Waals surface area contributed by atoms with E-state index < -0.39 is 12.0 Å². The van der Waals surface area contributed by atoms with E-state index in [9.17, 15) is 4.79 Å². The van der Waals surface area contributed by atoms with Gasteiger partial charge in [-0.15, -0.1) is 0 Å². The maximum absolute atomic E-state index is 11.3. The molecular formula is C14H19BrN2O3. The molecule has 0 aliphatic carbocycles. The van der Waals surface area contributed by atoms with Crippen molar-refractivity contribution in [2.24, 2.45) is 5.73 Å². The Balaban J connectivity index is 2.11. The quantitative estimate of drug-likeness (QED) is 0.901. The lowest BCUT2D eigenvalue weighted by atomic mass is 10.1. The second kappa shape index (κ2) is 6.56. The fourth-order valence-electron chi connectivity index (χ4n) is 2.42. The predicted octanol–water partition coefficient (Wildman–Crippen LogP) is 1.53. The minimum absolute atomic E-state index is 0.0114. The molecule has 1 amide bonds. The molecule has 1 aliphatic rings. The van der Waals surface area contributed by atoms with Gasteiger partial charge < -0.3 is 15.2 Å². The van der Waals surface area contributed by atoms with Crippen molar-refractivity contribution in [3.8, 4) is 5.75 Å². The lowest BCUT2D eigenvalue weighted by Crippen LogP contribution is -2.51. The second-order valence-electron chi connectivity index (χ2n) is 4.99. The molecule has 2 N–H and O–H groups in total. The van der Waals surface area contributed by atoms with Gasteiger partial charge in [0.25, 0.3) is 0 Å². The average molecular weight is 343 g/mol. The summed E-state index contributed by atoms with van der Waals surface area (Å²) in [7, 11) is 1.65. The molecule has 1 aromatic carbocycles. The zero-order valence-corrected chi connectivity index (χ0v) is 13.2. The van der Waals surface area contributed by atoms with Crippen LogP contribution in [0.3, 0.4) is 0 Å². The third kappa shape index (κ3) is 3.71. The van der Waals surface area contributed by atoms with Gasteiger partial charge in [0, 0.05) is 29.7 Å². The SMILES string of the molecule is COc1cc(Br)ccc1CN1C[C@@H](C)O[C@@H](C(N)=O)C1. The zero-order valence-electron chi connectivity index (χ0n) is 11.6. The molecule has 20 heavy (non-hydrogen) atoms. The van der Waals surface area contributed by atoms with Gasteiger partial charge in [0.15, 0.2) is 0 Å². The van der Waals surface area contributed by atoms with Gasteiger partial charge in [0.05, 0.1) is 13.2 Å². The van der Waals surface area contributed by atoms with Crippen LogP contribution >= 0.6 is 15.9 Å². The van der Waals surface area contributed by atoms with Crippen LogP contribution in [-0.2, 0) is 16.1 Å². The molecule has 1 fully saturated rings. The first kappa shape index (κ1) is 15.3. The van der Waals surface area contributed by atoms with Crippen LogP contribution in [0.1, 0.15) is 12.5 Å². The predicted molar refractivity (Wildman–Crippen MR) is 79.5 cm³/mol. The summed E-state index contributed by atoms with van der Waals surface area (Å²) in [4.78, 5) is 13.5. The van der Waals surface area contributed by atoms with E-state index in [1.54, 1.807) is 7.11 Å². The molecule has 6 heteroatoms. The molecule has 2 rings (SSSR count). The summed E-state index contributed by atoms with van der Waals surface area (Å²) in [5, 5.41) is 0. The van der Waals surface area contributed by atoms with E-state index in [4.69, 9.17) is 15.2 Å². The summed E-state index contributed by atoms with van der Waals surface area (Å²) in [5.41, 5.74) is 6.42. The van der Waals surface area contributed by atoms with Crippen molar-refractivity contribution >= 4 is 21.8 Å². The lowest BCUT2D eigenvalue weighted by Gasteiger charge is -2.35. The molecule has 0 aromatic heterocycles. The zero-order chi connectivity index (χ0) is 14.7. The summed E-state index contributed by atoms with van der Waals surface area (Å²) >= 11 is 3.43. The monoisotopic (exact) mass is 342 g/mol. The number of methoxy groups -OCH3 is 1. The molecule has 2 atom stereocenters. The standard InChI is InChI=1S/C14H19BrN2O3/c1-9-6-17(8-13(20-9)14(16)18)7-10-3-4-11(15)5-12(10)19-2/h3-5,9,13H,6-8H2,1-2H3,(H2,16,18)/t9-,13-/m1/s1. The Kier molecular flexibility index (Phi) is 5.01. The van der Waals surface area contributed by atoms with Crippen molar-refractivity contribution < 1.29 is 14.3 Å². The molecule has 1 saturated heterocycles. The number of hydrogen-bond donors (Lipinski definition) is 1. The fourth-order valence-corrected chi connectivity index (χ4v) is 2.76. The summed E-state index contributed by atoms with van der Waals surface area (Å²) in [6.45, 7) is 3.93. The molecule has 1 aromatic rings. The number of ether oxygens (including phenoxy) is 2. The summed E-state index contributed by atoms with van der Waals surface area (Å²) in [6, 6.07) is 5.93. The van der Waals surface area contributed by atoms with Crippen molar-refractivity contribution in [1.29, 1.82) is 0 Å². The number of nitrogens with zero attached hydrogens (tertiary/aromatic N) is 1. The molecular weight excluding hydrogens is 324 g/mol. The summed E-state index contributed by atoms with van der Waals surface area (Å²) in [6.07, 6.45) is -0.553. The Labute approximate surface area is 127 Å². The minimum atomic E-state index is -0.541. The van der Waals surface area contributed by atoms with Crippen molar-refractivity contribution in [3.05, 3.63) is 28.2 Å². The Morgan fingerprint density at radius 1 is 1.55 bits per heavy atom. The lowest BCUT2D eigenvalue weighted by molar-refractivity contribution is -0.142. The third-order valence-electron chi connectivity index (χ3n) is 3.30. The number of primary amides is 1. The van der Waals surface area contributed by atoms with Crippen molar-refractivity contribution in [1.82, 2.24) is 4.90 Å². The van der Waals surface area contributed by atoms with E-state index in [0.29, 0.717) is 13.1 Å². The molecule has 1 heterocycles. The van der Waals surface area contributed by atoms with E-state index in [0.717, 1.165) is 22.3 Å². The van der Waals surface area contributed by atoms with Crippen LogP contribution in [0.4, 0.5) is 0 Å². The molecule has 0 unspecified atom stereocenters. The number of morpholine rings is 1. The number of benzene rings is 1. The molecule has 1 aliphatic heterocycles. The second-order valence-corrected chi connectivity index (χ2v) is 5.90. The van der Waals surface area contributed by atoms with Crippen LogP contribution in [0.25, 0.3) is 0 Å². The van der Waals surface area contributed by atoms with Gasteiger partial charge in [-0.05, 0) is 19.1 Å². The van der Waals surface area contributed by atoms with Gasteiger partial charge in [-0.3, -0.25) is 9.69 Å². The van der Waals surface area contributed by atoms with Gasteiger partial charge >= 0.3 is 0 Å². The van der Waals surface area contributed by atoms with Crippen LogP contribution in [0.15, 0.2) is 22.7 Å². The summed E-state index contributed by atoms with van der Waals surface area (Å²) in [5.74, 6) is 0.415. The number of hydrogen-bond acceptors (Lipinski definition) is 4. The van der Waals surface area contributed by atoms with Gasteiger partial charge in [0.2, 0.25) is 5.91 Å². The minimum Gasteiger partial charge on any atom is -0.496 e. The van der Waals surface area contributed by atoms with E-state index in [-0.39, 0.29) is 6.10 Å². The number of carbonyl (C=O) groups excluding carboxylic acids is 1. The van der Waals surface area contributed by atoms with E-state index in [2.05, 4.69) is 20.8 Å². The maximum atomic E-state index is 11.3. The third-order valence-corrected chi connectivity index (χ3v) is 3.79. The first-order valence-electron chi connectivity index (χ1n) is 6.49. The number of nitrogens with two attached hydrogens (primary N) is 1. The Bertz CT molecular complexity index is 495. The highest BCUT2D eigenvalue weighted by atomic mass is 79.9. The van der Waals surface area contributed by atoms with Crippen molar-refractivity contribution in [2.75, 3.05) is 20.2 Å². The number of halogens is 1. The maximum Gasteiger partial charge on any atom is 0.247 e. The van der Waals surface area contributed by atoms with Crippen LogP contribution in [0, 0.1) is 0 Å².